The molecule has 1 fully saturated rings. The second-order valence-electron chi connectivity index (χ2n) is 4.94. The van der Waals surface area contributed by atoms with Gasteiger partial charge in [0.05, 0.1) is 6.10 Å². The number of likely N-dealkylation sites (tertiary alicyclic amines) is 1. The van der Waals surface area contributed by atoms with Crippen LogP contribution in [0.1, 0.15) is 39.5 Å². The number of ether oxygens (including phenoxy) is 1. The highest BCUT2D eigenvalue weighted by atomic mass is 16.5. The monoisotopic (exact) mass is 251 g/mol. The molecule has 0 aliphatic carbocycles. The maximum atomic E-state index is 12.4. The fourth-order valence-corrected chi connectivity index (χ4v) is 2.38. The van der Waals surface area contributed by atoms with Crippen molar-refractivity contribution in [1.29, 1.82) is 0 Å². The molecule has 1 heterocycles. The Bertz CT molecular complexity index is 314. The Morgan fingerprint density at radius 2 is 2.22 bits per heavy atom. The van der Waals surface area contributed by atoms with Crippen molar-refractivity contribution in [1.82, 2.24) is 4.90 Å². The van der Waals surface area contributed by atoms with Crippen molar-refractivity contribution in [3.63, 3.8) is 0 Å². The van der Waals surface area contributed by atoms with Gasteiger partial charge in [0.15, 0.2) is 0 Å². The van der Waals surface area contributed by atoms with Gasteiger partial charge in [0, 0.05) is 6.54 Å². The Morgan fingerprint density at radius 3 is 2.78 bits per heavy atom. The summed E-state index contributed by atoms with van der Waals surface area (Å²) in [5.74, 6) is -0.159. The standard InChI is InChI=1S/C15H25NO2/c1-5-11-16-12-9-8-10-15(16,7-3)14(17)18-13(4)6-2/h5,7,13H,1,3,6,8-12H2,2,4H3. The molecule has 2 atom stereocenters. The first-order valence-electron chi connectivity index (χ1n) is 6.81. The zero-order valence-electron chi connectivity index (χ0n) is 11.7. The summed E-state index contributed by atoms with van der Waals surface area (Å²) in [4.78, 5) is 14.6. The molecule has 1 rings (SSSR count). The van der Waals surface area contributed by atoms with E-state index in [-0.39, 0.29) is 12.1 Å². The van der Waals surface area contributed by atoms with Crippen molar-refractivity contribution < 1.29 is 9.53 Å². The van der Waals surface area contributed by atoms with Crippen LogP contribution < -0.4 is 0 Å². The van der Waals surface area contributed by atoms with Crippen LogP contribution in [-0.2, 0) is 9.53 Å². The number of piperidine rings is 1. The predicted octanol–water partition coefficient (Wildman–Crippen LogP) is 2.92. The molecule has 0 radical (unpaired) electrons. The summed E-state index contributed by atoms with van der Waals surface area (Å²) in [7, 11) is 0. The van der Waals surface area contributed by atoms with Crippen LogP contribution in [0.5, 0.6) is 0 Å². The number of nitrogens with zero attached hydrogens (tertiary/aromatic N) is 1. The number of carbonyl (C=O) groups excluding carboxylic acids is 1. The molecule has 1 saturated heterocycles. The van der Waals surface area contributed by atoms with Gasteiger partial charge in [-0.15, -0.1) is 13.2 Å². The lowest BCUT2D eigenvalue weighted by Gasteiger charge is -2.43. The topological polar surface area (TPSA) is 29.5 Å². The minimum absolute atomic E-state index is 0.0400. The zero-order valence-corrected chi connectivity index (χ0v) is 11.7. The van der Waals surface area contributed by atoms with E-state index in [0.29, 0.717) is 6.54 Å². The van der Waals surface area contributed by atoms with Crippen LogP contribution in [0.3, 0.4) is 0 Å². The molecular formula is C15H25NO2. The molecule has 102 valence electrons. The molecule has 0 N–H and O–H groups in total. The molecule has 3 heteroatoms. The summed E-state index contributed by atoms with van der Waals surface area (Å²) < 4.78 is 5.52. The second-order valence-corrected chi connectivity index (χ2v) is 4.94. The highest BCUT2D eigenvalue weighted by Crippen LogP contribution is 2.31. The molecule has 0 spiro atoms. The summed E-state index contributed by atoms with van der Waals surface area (Å²) in [5, 5.41) is 0. The molecule has 0 amide bonds. The lowest BCUT2D eigenvalue weighted by molar-refractivity contribution is -0.161. The van der Waals surface area contributed by atoms with Crippen LogP contribution in [0, 0.1) is 0 Å². The molecule has 18 heavy (non-hydrogen) atoms. The number of esters is 1. The smallest absolute Gasteiger partial charge is 0.330 e. The average Bonchev–Trinajstić information content (AvgIpc) is 2.39. The molecule has 1 aliphatic heterocycles. The Kier molecular flexibility index (Phi) is 5.60. The van der Waals surface area contributed by atoms with Crippen LogP contribution in [-0.4, -0.2) is 35.6 Å². The second kappa shape index (κ2) is 6.74. The highest BCUT2D eigenvalue weighted by Gasteiger charge is 2.44. The first kappa shape index (κ1) is 15.0. The van der Waals surface area contributed by atoms with Crippen LogP contribution in [0.2, 0.25) is 0 Å². The zero-order chi connectivity index (χ0) is 13.6. The third kappa shape index (κ3) is 3.02. The summed E-state index contributed by atoms with van der Waals surface area (Å²) in [6.07, 6.45) is 7.32. The quantitative estimate of drug-likeness (QED) is 0.537. The van der Waals surface area contributed by atoms with Crippen molar-refractivity contribution in [2.24, 2.45) is 0 Å². The fourth-order valence-electron chi connectivity index (χ4n) is 2.38. The molecule has 0 saturated carbocycles. The highest BCUT2D eigenvalue weighted by molar-refractivity contribution is 5.83. The Hall–Kier alpha value is -1.09. The maximum absolute atomic E-state index is 12.4. The third-order valence-corrected chi connectivity index (χ3v) is 3.72. The predicted molar refractivity (Wildman–Crippen MR) is 74.4 cm³/mol. The van der Waals surface area contributed by atoms with E-state index in [1.165, 1.54) is 0 Å². The van der Waals surface area contributed by atoms with Gasteiger partial charge in [0.1, 0.15) is 5.54 Å². The first-order chi connectivity index (χ1) is 8.60. The Morgan fingerprint density at radius 1 is 1.50 bits per heavy atom. The van der Waals surface area contributed by atoms with E-state index in [1.54, 1.807) is 6.08 Å². The van der Waals surface area contributed by atoms with E-state index in [9.17, 15) is 4.79 Å². The van der Waals surface area contributed by atoms with Gasteiger partial charge in [-0.2, -0.15) is 0 Å². The lowest BCUT2D eigenvalue weighted by atomic mass is 9.86. The number of rotatable bonds is 6. The maximum Gasteiger partial charge on any atom is 0.330 e. The largest absolute Gasteiger partial charge is 0.461 e. The van der Waals surface area contributed by atoms with E-state index in [0.717, 1.165) is 32.2 Å². The normalized spacial score (nSPS) is 26.3. The molecule has 0 aromatic rings. The lowest BCUT2D eigenvalue weighted by Crippen LogP contribution is -2.57. The molecular weight excluding hydrogens is 226 g/mol. The van der Waals surface area contributed by atoms with E-state index in [2.05, 4.69) is 18.1 Å². The van der Waals surface area contributed by atoms with Gasteiger partial charge in [0.2, 0.25) is 0 Å². The van der Waals surface area contributed by atoms with Gasteiger partial charge in [-0.1, -0.05) is 19.1 Å². The number of hydrogen-bond donors (Lipinski definition) is 0. The molecule has 2 unspecified atom stereocenters. The summed E-state index contributed by atoms with van der Waals surface area (Å²) in [6, 6.07) is 0. The van der Waals surface area contributed by atoms with E-state index < -0.39 is 5.54 Å². The number of hydrogen-bond acceptors (Lipinski definition) is 3. The van der Waals surface area contributed by atoms with Gasteiger partial charge in [-0.3, -0.25) is 4.90 Å². The van der Waals surface area contributed by atoms with Gasteiger partial charge < -0.3 is 4.74 Å². The minimum Gasteiger partial charge on any atom is -0.461 e. The Labute approximate surface area is 110 Å². The van der Waals surface area contributed by atoms with Gasteiger partial charge in [-0.25, -0.2) is 4.79 Å². The van der Waals surface area contributed by atoms with Crippen LogP contribution >= 0.6 is 0 Å². The SMILES string of the molecule is C=CCN1CCCCC1(C=C)C(=O)OC(C)CC. The Balaban J connectivity index is 2.88. The van der Waals surface area contributed by atoms with Crippen molar-refractivity contribution in [2.45, 2.75) is 51.2 Å². The number of carbonyl (C=O) groups is 1. The first-order valence-corrected chi connectivity index (χ1v) is 6.81. The van der Waals surface area contributed by atoms with E-state index in [4.69, 9.17) is 4.74 Å². The van der Waals surface area contributed by atoms with Crippen molar-refractivity contribution in [3.8, 4) is 0 Å². The minimum atomic E-state index is -0.657. The fraction of sp³-hybridized carbons (Fsp3) is 0.667. The van der Waals surface area contributed by atoms with Gasteiger partial charge >= 0.3 is 5.97 Å². The van der Waals surface area contributed by atoms with Crippen molar-refractivity contribution in [3.05, 3.63) is 25.3 Å². The summed E-state index contributed by atoms with van der Waals surface area (Å²) in [5.41, 5.74) is -0.657. The molecule has 1 aliphatic rings. The van der Waals surface area contributed by atoms with Gasteiger partial charge in [0.25, 0.3) is 0 Å². The molecule has 0 aromatic heterocycles. The van der Waals surface area contributed by atoms with Crippen molar-refractivity contribution >= 4 is 5.97 Å². The third-order valence-electron chi connectivity index (χ3n) is 3.72. The van der Waals surface area contributed by atoms with E-state index >= 15 is 0 Å². The summed E-state index contributed by atoms with van der Waals surface area (Å²) >= 11 is 0. The molecule has 0 bridgehead atoms. The van der Waals surface area contributed by atoms with Crippen LogP contribution in [0.25, 0.3) is 0 Å². The van der Waals surface area contributed by atoms with E-state index in [1.807, 2.05) is 19.9 Å². The molecule has 0 aromatic carbocycles. The average molecular weight is 251 g/mol. The van der Waals surface area contributed by atoms with Crippen LogP contribution in [0.4, 0.5) is 0 Å². The summed E-state index contributed by atoms with van der Waals surface area (Å²) in [6.45, 7) is 13.2. The van der Waals surface area contributed by atoms with Gasteiger partial charge in [-0.05, 0) is 39.2 Å². The molecule has 3 nitrogen and oxygen atoms in total. The van der Waals surface area contributed by atoms with Crippen LogP contribution in [0.15, 0.2) is 25.3 Å². The van der Waals surface area contributed by atoms with Crippen molar-refractivity contribution in [2.75, 3.05) is 13.1 Å².